The summed E-state index contributed by atoms with van der Waals surface area (Å²) in [6.07, 6.45) is 14.0. The molecule has 0 radical (unpaired) electrons. The lowest BCUT2D eigenvalue weighted by atomic mass is 9.83. The molecule has 2 aliphatic carbocycles. The summed E-state index contributed by atoms with van der Waals surface area (Å²) in [6.45, 7) is 2.13. The van der Waals surface area contributed by atoms with Crippen molar-refractivity contribution in [3.8, 4) is 5.75 Å². The van der Waals surface area contributed by atoms with Gasteiger partial charge >= 0.3 is 5.97 Å². The van der Waals surface area contributed by atoms with Crippen LogP contribution >= 0.6 is 0 Å². The number of hydrogen-bond acceptors (Lipinski definition) is 5. The highest BCUT2D eigenvalue weighted by atomic mass is 16.5. The number of rotatable bonds is 5. The Balaban J connectivity index is 0.000000202. The number of carbonyl (C=O) groups is 2. The van der Waals surface area contributed by atoms with Gasteiger partial charge < -0.3 is 9.47 Å². The first kappa shape index (κ1) is 28.6. The minimum atomic E-state index is -0.373. The summed E-state index contributed by atoms with van der Waals surface area (Å²) < 4.78 is 10.0. The third-order valence-corrected chi connectivity index (χ3v) is 8.26. The Morgan fingerprint density at radius 1 is 0.872 bits per heavy atom. The molecule has 5 rings (SSSR count). The van der Waals surface area contributed by atoms with E-state index in [9.17, 15) is 9.59 Å². The second-order valence-electron chi connectivity index (χ2n) is 10.9. The fourth-order valence-electron chi connectivity index (χ4n) is 5.99. The highest BCUT2D eigenvalue weighted by molar-refractivity contribution is 6.04. The number of hydrogen-bond donors (Lipinski definition) is 0. The van der Waals surface area contributed by atoms with Crippen LogP contribution in [0.5, 0.6) is 5.75 Å². The summed E-state index contributed by atoms with van der Waals surface area (Å²) in [4.78, 5) is 30.5. The van der Waals surface area contributed by atoms with E-state index in [1.165, 1.54) is 56.8 Å². The number of nitrogens with zero attached hydrogens (tertiary/aromatic N) is 2. The first-order chi connectivity index (χ1) is 18.9. The van der Waals surface area contributed by atoms with Crippen LogP contribution in [0.25, 0.3) is 10.8 Å². The van der Waals surface area contributed by atoms with Gasteiger partial charge in [-0.15, -0.1) is 0 Å². The molecule has 2 aromatic carbocycles. The molecular weight excluding hydrogens is 488 g/mol. The molecule has 0 spiro atoms. The molecule has 0 bridgehead atoms. The van der Waals surface area contributed by atoms with Gasteiger partial charge in [0.25, 0.3) is 0 Å². The van der Waals surface area contributed by atoms with Crippen molar-refractivity contribution >= 4 is 28.5 Å². The number of pyridine rings is 1. The first-order valence-electron chi connectivity index (χ1n) is 14.3. The number of ether oxygens (including phenoxy) is 2. The number of esters is 1. The van der Waals surface area contributed by atoms with E-state index in [-0.39, 0.29) is 17.8 Å². The predicted molar refractivity (Wildman–Crippen MR) is 157 cm³/mol. The van der Waals surface area contributed by atoms with E-state index < -0.39 is 0 Å². The molecule has 2 fully saturated rings. The molecule has 0 N–H and O–H groups in total. The summed E-state index contributed by atoms with van der Waals surface area (Å²) >= 11 is 0. The largest absolute Gasteiger partial charge is 0.496 e. The van der Waals surface area contributed by atoms with Crippen LogP contribution in [0.15, 0.2) is 48.7 Å². The summed E-state index contributed by atoms with van der Waals surface area (Å²) in [5.74, 6) is 2.29. The van der Waals surface area contributed by atoms with Crippen LogP contribution in [-0.2, 0) is 9.53 Å². The molecule has 208 valence electrons. The van der Waals surface area contributed by atoms with E-state index in [1.54, 1.807) is 37.4 Å². The van der Waals surface area contributed by atoms with Gasteiger partial charge in [0.1, 0.15) is 11.6 Å². The van der Waals surface area contributed by atoms with Gasteiger partial charge in [-0.25, -0.2) is 9.78 Å². The van der Waals surface area contributed by atoms with Crippen molar-refractivity contribution < 1.29 is 19.1 Å². The number of aryl methyl sites for hydroxylation is 1. The van der Waals surface area contributed by atoms with E-state index in [4.69, 9.17) is 9.47 Å². The number of anilines is 1. The van der Waals surface area contributed by atoms with E-state index >= 15 is 0 Å². The predicted octanol–water partition coefficient (Wildman–Crippen LogP) is 7.62. The zero-order chi connectivity index (χ0) is 27.8. The van der Waals surface area contributed by atoms with Crippen LogP contribution in [0.1, 0.15) is 91.6 Å². The Labute approximate surface area is 232 Å². The molecule has 0 aliphatic heterocycles. The van der Waals surface area contributed by atoms with Crippen molar-refractivity contribution in [2.45, 2.75) is 77.0 Å². The molecule has 1 heterocycles. The molecule has 2 aliphatic rings. The molecule has 0 saturated heterocycles. The Bertz CT molecular complexity index is 1280. The van der Waals surface area contributed by atoms with Crippen LogP contribution < -0.4 is 9.64 Å². The third kappa shape index (κ3) is 6.97. The first-order valence-corrected chi connectivity index (χ1v) is 14.3. The van der Waals surface area contributed by atoms with Crippen LogP contribution in [0.3, 0.4) is 0 Å². The van der Waals surface area contributed by atoms with Gasteiger partial charge in [0.15, 0.2) is 0 Å². The normalized spacial score (nSPS) is 16.2. The van der Waals surface area contributed by atoms with E-state index in [0.717, 1.165) is 48.1 Å². The van der Waals surface area contributed by atoms with Crippen molar-refractivity contribution in [1.82, 2.24) is 4.98 Å². The maximum Gasteiger partial charge on any atom is 0.337 e. The number of aromatic nitrogens is 1. The number of carbonyl (C=O) groups excluding carboxylic acids is 2. The van der Waals surface area contributed by atoms with E-state index in [1.807, 2.05) is 12.1 Å². The number of fused-ring (bicyclic) bond motifs is 1. The summed E-state index contributed by atoms with van der Waals surface area (Å²) in [5, 5.41) is 1.73. The summed E-state index contributed by atoms with van der Waals surface area (Å²) in [5.41, 5.74) is 3.26. The highest BCUT2D eigenvalue weighted by Crippen LogP contribution is 2.34. The van der Waals surface area contributed by atoms with Crippen molar-refractivity contribution in [3.63, 3.8) is 0 Å². The maximum absolute atomic E-state index is 12.8. The van der Waals surface area contributed by atoms with Gasteiger partial charge in [-0.3, -0.25) is 9.69 Å². The molecule has 3 aromatic rings. The molecule has 1 aromatic heterocycles. The van der Waals surface area contributed by atoms with E-state index in [2.05, 4.69) is 30.1 Å². The number of methoxy groups -OCH3 is 2. The van der Waals surface area contributed by atoms with Crippen molar-refractivity contribution in [1.29, 1.82) is 0 Å². The molecule has 6 heteroatoms. The fourth-order valence-corrected chi connectivity index (χ4v) is 5.99. The third-order valence-electron chi connectivity index (χ3n) is 8.26. The Kier molecular flexibility index (Phi) is 9.96. The molecule has 39 heavy (non-hydrogen) atoms. The van der Waals surface area contributed by atoms with Gasteiger partial charge in [-0.05, 0) is 85.4 Å². The fraction of sp³-hybridized carbons (Fsp3) is 0.485. The molecule has 6 nitrogen and oxygen atoms in total. The topological polar surface area (TPSA) is 68.7 Å². The average molecular weight is 531 g/mol. The second kappa shape index (κ2) is 13.6. The van der Waals surface area contributed by atoms with Gasteiger partial charge in [0, 0.05) is 24.5 Å². The minimum Gasteiger partial charge on any atom is -0.496 e. The quantitative estimate of drug-likeness (QED) is 0.318. The molecule has 0 atom stereocenters. The van der Waals surface area contributed by atoms with Crippen molar-refractivity contribution in [2.24, 2.45) is 5.92 Å². The maximum atomic E-state index is 12.8. The monoisotopic (exact) mass is 530 g/mol. The molecule has 1 amide bonds. The SMILES string of the molecule is COC(=O)c1ccc2c(N(C)C(=O)C3CCCCC3)nccc2c1.COc1ccc(C2CCCCC2)cc1C. The van der Waals surface area contributed by atoms with Crippen molar-refractivity contribution in [2.75, 3.05) is 26.2 Å². The molecular formula is C33H42N2O4. The van der Waals surface area contributed by atoms with Crippen LogP contribution in [0.4, 0.5) is 5.82 Å². The van der Waals surface area contributed by atoms with E-state index in [0.29, 0.717) is 11.4 Å². The zero-order valence-corrected chi connectivity index (χ0v) is 23.9. The molecule has 2 saturated carbocycles. The van der Waals surface area contributed by atoms with Gasteiger partial charge in [0.2, 0.25) is 5.91 Å². The van der Waals surface area contributed by atoms with Gasteiger partial charge in [-0.1, -0.05) is 50.7 Å². The highest BCUT2D eigenvalue weighted by Gasteiger charge is 2.26. The smallest absolute Gasteiger partial charge is 0.337 e. The van der Waals surface area contributed by atoms with Gasteiger partial charge in [-0.2, -0.15) is 0 Å². The van der Waals surface area contributed by atoms with Gasteiger partial charge in [0.05, 0.1) is 19.8 Å². The number of benzene rings is 2. The minimum absolute atomic E-state index is 0.0927. The second-order valence-corrected chi connectivity index (χ2v) is 10.9. The zero-order valence-electron chi connectivity index (χ0n) is 23.9. The lowest BCUT2D eigenvalue weighted by Gasteiger charge is -2.26. The summed E-state index contributed by atoms with van der Waals surface area (Å²) in [7, 11) is 4.89. The lowest BCUT2D eigenvalue weighted by molar-refractivity contribution is -0.123. The van der Waals surface area contributed by atoms with Crippen LogP contribution in [-0.4, -0.2) is 38.1 Å². The van der Waals surface area contributed by atoms with Crippen LogP contribution in [0.2, 0.25) is 0 Å². The average Bonchev–Trinajstić information content (AvgIpc) is 3.00. The standard InChI is InChI=1S/C19H22N2O3.C14H20O/c1-21(18(22)13-6-4-3-5-7-13)17-16-9-8-15(19(23)24-2)12-14(16)10-11-20-17;1-11-10-13(8-9-14(11)15-2)12-6-4-3-5-7-12/h8-13H,3-7H2,1-2H3;8-10,12H,3-7H2,1-2H3. The molecule has 0 unspecified atom stereocenters. The Morgan fingerprint density at radius 3 is 2.21 bits per heavy atom. The Hall–Kier alpha value is -3.41. The van der Waals surface area contributed by atoms with Crippen LogP contribution in [0, 0.1) is 12.8 Å². The summed E-state index contributed by atoms with van der Waals surface area (Å²) in [6, 6.07) is 13.8. The van der Waals surface area contributed by atoms with Crippen molar-refractivity contribution in [3.05, 3.63) is 65.4 Å². The number of amides is 1. The Morgan fingerprint density at radius 2 is 1.56 bits per heavy atom. The lowest BCUT2D eigenvalue weighted by Crippen LogP contribution is -2.34.